The number of amides is 4. The molecule has 1 saturated carbocycles. The van der Waals surface area contributed by atoms with Gasteiger partial charge in [-0.05, 0) is 78.4 Å². The van der Waals surface area contributed by atoms with Crippen molar-refractivity contribution in [2.24, 2.45) is 5.73 Å². The first-order valence-corrected chi connectivity index (χ1v) is 12.3. The van der Waals surface area contributed by atoms with Gasteiger partial charge in [0.1, 0.15) is 17.7 Å². The maximum absolute atomic E-state index is 14.0. The van der Waals surface area contributed by atoms with Crippen molar-refractivity contribution in [3.8, 4) is 0 Å². The molecule has 0 aliphatic heterocycles. The third-order valence-electron chi connectivity index (χ3n) is 5.83. The van der Waals surface area contributed by atoms with E-state index in [0.29, 0.717) is 0 Å². The Morgan fingerprint density at radius 2 is 1.74 bits per heavy atom. The largest absolute Gasteiger partial charge is 0.444 e. The second kappa shape index (κ2) is 12.0. The molecule has 194 valence electrons. The van der Waals surface area contributed by atoms with Crippen LogP contribution in [0.15, 0.2) is 24.3 Å². The molecule has 1 aliphatic carbocycles. The third kappa shape index (κ3) is 8.26. The molecule has 4 amide bonds. The van der Waals surface area contributed by atoms with E-state index in [2.05, 4.69) is 10.6 Å². The molecule has 0 aromatic heterocycles. The van der Waals surface area contributed by atoms with Gasteiger partial charge in [0.05, 0.1) is 0 Å². The normalized spacial score (nSPS) is 15.5. The number of carbonyl (C=O) groups excluding carboxylic acids is 4. The molecular weight excluding hydrogens is 448 g/mol. The summed E-state index contributed by atoms with van der Waals surface area (Å²) in [5.74, 6) is -1.31. The van der Waals surface area contributed by atoms with E-state index in [4.69, 9.17) is 10.5 Å². The lowest BCUT2D eigenvalue weighted by molar-refractivity contribution is -0.148. The lowest BCUT2D eigenvalue weighted by Gasteiger charge is -2.44. The fraction of sp³-hybridized carbons (Fsp3) is 0.615. The van der Waals surface area contributed by atoms with Crippen molar-refractivity contribution in [2.75, 3.05) is 0 Å². The third-order valence-corrected chi connectivity index (χ3v) is 5.83. The first kappa shape index (κ1) is 28.1. The van der Waals surface area contributed by atoms with Crippen LogP contribution in [-0.4, -0.2) is 52.4 Å². The molecule has 9 heteroatoms. The Kier molecular flexibility index (Phi) is 9.68. The SMILES string of the molecule is Cc1ccccc1C(C(=O)NC(C)C)N(C(=O)C(CCC(N)=O)NC(=O)OC(C)(C)C)C1CCC1. The second-order valence-electron chi connectivity index (χ2n) is 10.5. The number of nitrogens with two attached hydrogens (primary N) is 1. The van der Waals surface area contributed by atoms with Crippen LogP contribution in [0.3, 0.4) is 0 Å². The van der Waals surface area contributed by atoms with Crippen LogP contribution in [0.5, 0.6) is 0 Å². The van der Waals surface area contributed by atoms with Gasteiger partial charge in [0.2, 0.25) is 17.7 Å². The number of alkyl carbamates (subject to hydrolysis) is 1. The van der Waals surface area contributed by atoms with Crippen molar-refractivity contribution >= 4 is 23.8 Å². The Bertz CT molecular complexity index is 921. The highest BCUT2D eigenvalue weighted by molar-refractivity contribution is 5.93. The summed E-state index contributed by atoms with van der Waals surface area (Å²) in [6.45, 7) is 10.8. The van der Waals surface area contributed by atoms with Crippen LogP contribution in [0.4, 0.5) is 4.79 Å². The summed E-state index contributed by atoms with van der Waals surface area (Å²) in [5, 5.41) is 5.57. The molecule has 2 rings (SSSR count). The van der Waals surface area contributed by atoms with Crippen molar-refractivity contribution in [1.29, 1.82) is 0 Å². The Morgan fingerprint density at radius 1 is 1.11 bits per heavy atom. The minimum Gasteiger partial charge on any atom is -0.444 e. The van der Waals surface area contributed by atoms with Crippen LogP contribution in [-0.2, 0) is 19.1 Å². The van der Waals surface area contributed by atoms with E-state index in [0.717, 1.165) is 30.4 Å². The number of ether oxygens (including phenoxy) is 1. The van der Waals surface area contributed by atoms with E-state index in [9.17, 15) is 19.2 Å². The molecule has 35 heavy (non-hydrogen) atoms. The summed E-state index contributed by atoms with van der Waals surface area (Å²) < 4.78 is 5.35. The summed E-state index contributed by atoms with van der Waals surface area (Å²) in [5.41, 5.74) is 6.18. The van der Waals surface area contributed by atoms with Gasteiger partial charge in [0.25, 0.3) is 0 Å². The van der Waals surface area contributed by atoms with E-state index < -0.39 is 35.6 Å². The number of hydrogen-bond acceptors (Lipinski definition) is 5. The Labute approximate surface area is 208 Å². The average molecular weight is 489 g/mol. The number of carbonyl (C=O) groups is 4. The molecule has 0 heterocycles. The molecule has 2 atom stereocenters. The van der Waals surface area contributed by atoms with Gasteiger partial charge < -0.3 is 26.0 Å². The smallest absolute Gasteiger partial charge is 0.408 e. The summed E-state index contributed by atoms with van der Waals surface area (Å²) >= 11 is 0. The Morgan fingerprint density at radius 3 is 2.23 bits per heavy atom. The zero-order valence-electron chi connectivity index (χ0n) is 21.7. The lowest BCUT2D eigenvalue weighted by atomic mass is 9.87. The van der Waals surface area contributed by atoms with Crippen LogP contribution in [0.2, 0.25) is 0 Å². The summed E-state index contributed by atoms with van der Waals surface area (Å²) in [6.07, 6.45) is 1.57. The number of hydrogen-bond donors (Lipinski definition) is 3. The molecule has 1 aromatic carbocycles. The number of benzene rings is 1. The highest BCUT2D eigenvalue weighted by Crippen LogP contribution is 2.35. The quantitative estimate of drug-likeness (QED) is 0.466. The predicted molar refractivity (Wildman–Crippen MR) is 133 cm³/mol. The highest BCUT2D eigenvalue weighted by atomic mass is 16.6. The summed E-state index contributed by atoms with van der Waals surface area (Å²) in [7, 11) is 0. The zero-order chi connectivity index (χ0) is 26.3. The van der Waals surface area contributed by atoms with Gasteiger partial charge in [-0.25, -0.2) is 4.79 Å². The zero-order valence-corrected chi connectivity index (χ0v) is 21.7. The molecule has 1 aromatic rings. The van der Waals surface area contributed by atoms with Crippen LogP contribution < -0.4 is 16.4 Å². The molecule has 4 N–H and O–H groups in total. The molecule has 1 fully saturated rings. The van der Waals surface area contributed by atoms with E-state index in [1.165, 1.54) is 0 Å². The molecule has 2 unspecified atom stereocenters. The standard InChI is InChI=1S/C26H40N4O5/c1-16(2)28-23(32)22(19-13-8-7-10-17(19)3)30(18-11-9-12-18)24(33)20(14-15-21(27)31)29-25(34)35-26(4,5)6/h7-8,10,13,16,18,20,22H,9,11-12,14-15H2,1-6H3,(H2,27,31)(H,28,32)(H,29,34). The van der Waals surface area contributed by atoms with Crippen LogP contribution in [0, 0.1) is 6.92 Å². The molecule has 0 radical (unpaired) electrons. The first-order chi connectivity index (χ1) is 16.3. The second-order valence-corrected chi connectivity index (χ2v) is 10.5. The van der Waals surface area contributed by atoms with Gasteiger partial charge in [0.15, 0.2) is 0 Å². The summed E-state index contributed by atoms with van der Waals surface area (Å²) in [6, 6.07) is 5.22. The van der Waals surface area contributed by atoms with Crippen LogP contribution >= 0.6 is 0 Å². The fourth-order valence-corrected chi connectivity index (χ4v) is 4.03. The minimum absolute atomic E-state index is 0.00290. The fourth-order valence-electron chi connectivity index (χ4n) is 4.03. The molecular formula is C26H40N4O5. The van der Waals surface area contributed by atoms with Gasteiger partial charge in [-0.2, -0.15) is 0 Å². The summed E-state index contributed by atoms with van der Waals surface area (Å²) in [4.78, 5) is 53.2. The predicted octanol–water partition coefficient (Wildman–Crippen LogP) is 3.10. The molecule has 0 saturated heterocycles. The van der Waals surface area contributed by atoms with Crippen molar-refractivity contribution in [3.63, 3.8) is 0 Å². The van der Waals surface area contributed by atoms with E-state index in [1.807, 2.05) is 45.0 Å². The number of primary amides is 1. The Balaban J connectivity index is 2.49. The number of nitrogens with zero attached hydrogens (tertiary/aromatic N) is 1. The van der Waals surface area contributed by atoms with Crippen LogP contribution in [0.25, 0.3) is 0 Å². The van der Waals surface area contributed by atoms with Gasteiger partial charge in [-0.15, -0.1) is 0 Å². The number of rotatable bonds is 10. The Hall–Kier alpha value is -3.10. The minimum atomic E-state index is -1.07. The molecule has 0 bridgehead atoms. The van der Waals surface area contributed by atoms with E-state index in [1.54, 1.807) is 25.7 Å². The maximum Gasteiger partial charge on any atom is 0.408 e. The molecule has 9 nitrogen and oxygen atoms in total. The number of nitrogens with one attached hydrogen (secondary N) is 2. The number of aryl methyl sites for hydroxylation is 1. The van der Waals surface area contributed by atoms with E-state index in [-0.39, 0.29) is 30.8 Å². The molecule has 0 spiro atoms. The van der Waals surface area contributed by atoms with Gasteiger partial charge in [0, 0.05) is 18.5 Å². The van der Waals surface area contributed by atoms with Gasteiger partial charge in [-0.1, -0.05) is 24.3 Å². The van der Waals surface area contributed by atoms with Crippen molar-refractivity contribution in [3.05, 3.63) is 35.4 Å². The monoisotopic (exact) mass is 488 g/mol. The van der Waals surface area contributed by atoms with Crippen molar-refractivity contribution < 1.29 is 23.9 Å². The lowest BCUT2D eigenvalue weighted by Crippen LogP contribution is -2.58. The van der Waals surface area contributed by atoms with Crippen molar-refractivity contribution in [1.82, 2.24) is 15.5 Å². The van der Waals surface area contributed by atoms with E-state index >= 15 is 0 Å². The maximum atomic E-state index is 14.0. The van der Waals surface area contributed by atoms with Gasteiger partial charge >= 0.3 is 6.09 Å². The highest BCUT2D eigenvalue weighted by Gasteiger charge is 2.42. The topological polar surface area (TPSA) is 131 Å². The first-order valence-electron chi connectivity index (χ1n) is 12.3. The average Bonchev–Trinajstić information content (AvgIpc) is 2.68. The van der Waals surface area contributed by atoms with Crippen molar-refractivity contribution in [2.45, 2.75) is 103 Å². The molecule has 1 aliphatic rings. The van der Waals surface area contributed by atoms with Crippen LogP contribution in [0.1, 0.15) is 83.9 Å². The van der Waals surface area contributed by atoms with Gasteiger partial charge in [-0.3, -0.25) is 14.4 Å².